The Bertz CT molecular complexity index is 607. The van der Waals surface area contributed by atoms with Crippen LogP contribution in [0, 0.1) is 0 Å². The molecule has 0 amide bonds. The molecule has 0 heterocycles. The van der Waals surface area contributed by atoms with Gasteiger partial charge in [-0.3, -0.25) is 0 Å². The lowest BCUT2D eigenvalue weighted by atomic mass is 9.99. The lowest BCUT2D eigenvalue weighted by Gasteiger charge is -2.13. The third-order valence-electron chi connectivity index (χ3n) is 3.66. The Hall–Kier alpha value is -2.04. The van der Waals surface area contributed by atoms with Crippen molar-refractivity contribution in [3.05, 3.63) is 59.2 Å². The van der Waals surface area contributed by atoms with Gasteiger partial charge in [0.1, 0.15) is 11.5 Å². The number of ether oxygens (including phenoxy) is 2. The van der Waals surface area contributed by atoms with Gasteiger partial charge in [0.2, 0.25) is 0 Å². The van der Waals surface area contributed by atoms with Crippen LogP contribution in [0.15, 0.2) is 42.5 Å². The van der Waals surface area contributed by atoms with Crippen LogP contribution in [0.4, 0.5) is 0 Å². The van der Waals surface area contributed by atoms with E-state index in [-0.39, 0.29) is 6.61 Å². The van der Waals surface area contributed by atoms with Crippen molar-refractivity contribution >= 4 is 0 Å². The Morgan fingerprint density at radius 3 is 2.35 bits per heavy atom. The number of hydrogen-bond donors (Lipinski definition) is 2. The highest BCUT2D eigenvalue weighted by atomic mass is 16.5. The van der Waals surface area contributed by atoms with Gasteiger partial charge in [-0.1, -0.05) is 24.3 Å². The first-order valence-electron chi connectivity index (χ1n) is 7.82. The van der Waals surface area contributed by atoms with Gasteiger partial charge in [-0.05, 0) is 41.8 Å². The van der Waals surface area contributed by atoms with E-state index in [4.69, 9.17) is 14.6 Å². The second kappa shape index (κ2) is 8.56. The first-order valence-corrected chi connectivity index (χ1v) is 7.82. The van der Waals surface area contributed by atoms with E-state index in [9.17, 15) is 5.11 Å². The summed E-state index contributed by atoms with van der Waals surface area (Å²) in [6.07, 6.45) is 0.428. The summed E-state index contributed by atoms with van der Waals surface area (Å²) in [7, 11) is 1.65. The number of rotatable bonds is 8. The molecule has 0 spiro atoms. The molecule has 124 valence electrons. The fraction of sp³-hybridized carbons (Fsp3) is 0.368. The largest absolute Gasteiger partial charge is 0.496 e. The Balaban J connectivity index is 2.17. The first-order chi connectivity index (χ1) is 11.2. The van der Waals surface area contributed by atoms with Gasteiger partial charge in [-0.25, -0.2) is 0 Å². The zero-order valence-electron chi connectivity index (χ0n) is 13.7. The van der Waals surface area contributed by atoms with E-state index in [0.717, 1.165) is 34.6 Å². The molecule has 4 nitrogen and oxygen atoms in total. The highest BCUT2D eigenvalue weighted by Crippen LogP contribution is 2.24. The van der Waals surface area contributed by atoms with Crippen LogP contribution in [0.2, 0.25) is 0 Å². The van der Waals surface area contributed by atoms with Gasteiger partial charge in [-0.2, -0.15) is 0 Å². The molecule has 0 aliphatic carbocycles. The zero-order chi connectivity index (χ0) is 16.7. The molecule has 0 radical (unpaired) electrons. The summed E-state index contributed by atoms with van der Waals surface area (Å²) in [5.41, 5.74) is 3.19. The lowest BCUT2D eigenvalue weighted by molar-refractivity contribution is 0.0955. The van der Waals surface area contributed by atoms with Gasteiger partial charge >= 0.3 is 0 Å². The molecule has 2 aromatic carbocycles. The maximum absolute atomic E-state index is 9.60. The molecule has 0 saturated carbocycles. The molecule has 2 N–H and O–H groups in total. The molecule has 2 rings (SSSR count). The molecule has 1 atom stereocenters. The maximum atomic E-state index is 9.60. The van der Waals surface area contributed by atoms with Crippen molar-refractivity contribution in [2.24, 2.45) is 0 Å². The fourth-order valence-corrected chi connectivity index (χ4v) is 2.52. The maximum Gasteiger partial charge on any atom is 0.122 e. The second-order valence-corrected chi connectivity index (χ2v) is 5.44. The monoisotopic (exact) mass is 316 g/mol. The quantitative estimate of drug-likeness (QED) is 0.786. The minimum Gasteiger partial charge on any atom is -0.496 e. The lowest BCUT2D eigenvalue weighted by Crippen LogP contribution is -2.15. The standard InChI is InChI=1S/C19H24O4/c1-3-23-18-7-4-14(5-8-18)10-16-11-15(12-17(21)13-20)6-9-19(16)22-2/h4-9,11,17,20-21H,3,10,12-13H2,1-2H3. The van der Waals surface area contributed by atoms with Crippen molar-refractivity contribution in [1.82, 2.24) is 0 Å². The third-order valence-corrected chi connectivity index (χ3v) is 3.66. The number of benzene rings is 2. The predicted molar refractivity (Wildman–Crippen MR) is 90.2 cm³/mol. The normalized spacial score (nSPS) is 12.0. The van der Waals surface area contributed by atoms with E-state index in [2.05, 4.69) is 0 Å². The van der Waals surface area contributed by atoms with Crippen molar-refractivity contribution in [1.29, 1.82) is 0 Å². The second-order valence-electron chi connectivity index (χ2n) is 5.44. The van der Waals surface area contributed by atoms with Crippen LogP contribution in [0.25, 0.3) is 0 Å². The number of aliphatic hydroxyl groups is 2. The average Bonchev–Trinajstić information content (AvgIpc) is 2.57. The van der Waals surface area contributed by atoms with Crippen LogP contribution in [0.3, 0.4) is 0 Å². The van der Waals surface area contributed by atoms with Gasteiger partial charge in [0.05, 0.1) is 26.4 Å². The Morgan fingerprint density at radius 2 is 1.74 bits per heavy atom. The average molecular weight is 316 g/mol. The van der Waals surface area contributed by atoms with Crippen LogP contribution in [0.5, 0.6) is 11.5 Å². The van der Waals surface area contributed by atoms with E-state index >= 15 is 0 Å². The molecular weight excluding hydrogens is 292 g/mol. The van der Waals surface area contributed by atoms with Crippen LogP contribution < -0.4 is 9.47 Å². The van der Waals surface area contributed by atoms with E-state index in [0.29, 0.717) is 13.0 Å². The van der Waals surface area contributed by atoms with Crippen LogP contribution in [-0.2, 0) is 12.8 Å². The molecule has 23 heavy (non-hydrogen) atoms. The molecule has 0 fully saturated rings. The Kier molecular flexibility index (Phi) is 6.44. The Labute approximate surface area is 137 Å². The smallest absolute Gasteiger partial charge is 0.122 e. The van der Waals surface area contributed by atoms with Gasteiger partial charge in [0.25, 0.3) is 0 Å². The molecular formula is C19H24O4. The van der Waals surface area contributed by atoms with Gasteiger partial charge in [0.15, 0.2) is 0 Å². The predicted octanol–water partition coefficient (Wildman–Crippen LogP) is 2.58. The van der Waals surface area contributed by atoms with E-state index in [1.807, 2.05) is 49.4 Å². The molecule has 0 aliphatic heterocycles. The minimum atomic E-state index is -0.735. The van der Waals surface area contributed by atoms with Gasteiger partial charge < -0.3 is 19.7 Å². The molecule has 0 bridgehead atoms. The zero-order valence-corrected chi connectivity index (χ0v) is 13.7. The number of aliphatic hydroxyl groups excluding tert-OH is 2. The highest BCUT2D eigenvalue weighted by Gasteiger charge is 2.09. The summed E-state index contributed by atoms with van der Waals surface area (Å²) in [6.45, 7) is 2.38. The Morgan fingerprint density at radius 1 is 1.04 bits per heavy atom. The molecule has 0 saturated heterocycles. The number of methoxy groups -OCH3 is 1. The van der Waals surface area contributed by atoms with Crippen molar-refractivity contribution in [2.45, 2.75) is 25.9 Å². The summed E-state index contributed by atoms with van der Waals surface area (Å²) < 4.78 is 10.9. The SMILES string of the molecule is CCOc1ccc(Cc2cc(CC(O)CO)ccc2OC)cc1. The fourth-order valence-electron chi connectivity index (χ4n) is 2.52. The number of hydrogen-bond acceptors (Lipinski definition) is 4. The molecule has 4 heteroatoms. The summed E-state index contributed by atoms with van der Waals surface area (Å²) in [5, 5.41) is 18.6. The van der Waals surface area contributed by atoms with Crippen molar-refractivity contribution in [3.8, 4) is 11.5 Å². The van der Waals surface area contributed by atoms with Crippen LogP contribution in [-0.4, -0.2) is 36.6 Å². The topological polar surface area (TPSA) is 58.9 Å². The van der Waals surface area contributed by atoms with Gasteiger partial charge in [-0.15, -0.1) is 0 Å². The van der Waals surface area contributed by atoms with Crippen LogP contribution >= 0.6 is 0 Å². The summed E-state index contributed by atoms with van der Waals surface area (Å²) in [4.78, 5) is 0. The summed E-state index contributed by atoms with van der Waals surface area (Å²) in [6, 6.07) is 13.9. The summed E-state index contributed by atoms with van der Waals surface area (Å²) >= 11 is 0. The van der Waals surface area contributed by atoms with Crippen LogP contribution in [0.1, 0.15) is 23.6 Å². The van der Waals surface area contributed by atoms with E-state index in [1.54, 1.807) is 7.11 Å². The highest BCUT2D eigenvalue weighted by molar-refractivity contribution is 5.41. The van der Waals surface area contributed by atoms with Crippen molar-refractivity contribution in [2.75, 3.05) is 20.3 Å². The molecule has 0 aliphatic rings. The molecule has 0 aromatic heterocycles. The summed E-state index contributed by atoms with van der Waals surface area (Å²) in [5.74, 6) is 1.68. The minimum absolute atomic E-state index is 0.236. The van der Waals surface area contributed by atoms with Crippen molar-refractivity contribution in [3.63, 3.8) is 0 Å². The van der Waals surface area contributed by atoms with Crippen molar-refractivity contribution < 1.29 is 19.7 Å². The third kappa shape index (κ3) is 4.98. The van der Waals surface area contributed by atoms with E-state index in [1.165, 1.54) is 0 Å². The van der Waals surface area contributed by atoms with E-state index < -0.39 is 6.10 Å². The molecule has 2 aromatic rings. The molecule has 1 unspecified atom stereocenters. The first kappa shape index (κ1) is 17.3. The van der Waals surface area contributed by atoms with Gasteiger partial charge in [0, 0.05) is 12.8 Å².